The van der Waals surface area contributed by atoms with Crippen molar-refractivity contribution in [3.63, 3.8) is 0 Å². The fourth-order valence-electron chi connectivity index (χ4n) is 0.953. The van der Waals surface area contributed by atoms with Crippen molar-refractivity contribution in [3.05, 3.63) is 30.3 Å². The third-order valence-corrected chi connectivity index (χ3v) is 2.09. The summed E-state index contributed by atoms with van der Waals surface area (Å²) in [5.41, 5.74) is 0. The Hall–Kier alpha value is -1.69. The van der Waals surface area contributed by atoms with Crippen LogP contribution in [0.15, 0.2) is 30.3 Å². The predicted molar refractivity (Wildman–Crippen MR) is 60.9 cm³/mol. The van der Waals surface area contributed by atoms with E-state index in [0.29, 0.717) is 5.75 Å². The van der Waals surface area contributed by atoms with E-state index >= 15 is 0 Å². The highest BCUT2D eigenvalue weighted by atomic mass is 32.1. The molecule has 86 valence electrons. The van der Waals surface area contributed by atoms with Gasteiger partial charge in [-0.1, -0.05) is 18.2 Å². The van der Waals surface area contributed by atoms with E-state index in [9.17, 15) is 9.59 Å². The largest absolute Gasteiger partial charge is 0.480 e. The molecule has 0 aliphatic rings. The molecule has 2 N–H and O–H groups in total. The molecule has 0 saturated heterocycles. The lowest BCUT2D eigenvalue weighted by molar-refractivity contribution is -0.138. The molecule has 0 fully saturated rings. The van der Waals surface area contributed by atoms with Gasteiger partial charge in [0.05, 0.1) is 0 Å². The van der Waals surface area contributed by atoms with E-state index in [1.807, 2.05) is 0 Å². The molecule has 0 aromatic heterocycles. The highest BCUT2D eigenvalue weighted by Crippen LogP contribution is 2.08. The Bertz CT molecular complexity index is 368. The number of benzene rings is 1. The second-order valence-electron chi connectivity index (χ2n) is 2.92. The van der Waals surface area contributed by atoms with Gasteiger partial charge in [0.2, 0.25) is 0 Å². The summed E-state index contributed by atoms with van der Waals surface area (Å²) in [7, 11) is 0. The number of carbonyl (C=O) groups is 2. The van der Waals surface area contributed by atoms with Crippen molar-refractivity contribution in [1.29, 1.82) is 0 Å². The smallest absolute Gasteiger partial charge is 0.413 e. The molecule has 0 aliphatic carbocycles. The first kappa shape index (κ1) is 12.4. The van der Waals surface area contributed by atoms with Gasteiger partial charge in [-0.15, -0.1) is 0 Å². The van der Waals surface area contributed by atoms with E-state index in [1.165, 1.54) is 0 Å². The molecule has 0 bridgehead atoms. The Morgan fingerprint density at radius 3 is 2.50 bits per heavy atom. The zero-order valence-corrected chi connectivity index (χ0v) is 9.18. The molecule has 1 aromatic carbocycles. The van der Waals surface area contributed by atoms with Crippen LogP contribution >= 0.6 is 12.6 Å². The summed E-state index contributed by atoms with van der Waals surface area (Å²) in [6.07, 6.45) is -0.812. The number of carboxylic acids is 1. The number of para-hydroxylation sites is 1. The minimum Gasteiger partial charge on any atom is -0.480 e. The van der Waals surface area contributed by atoms with Crippen molar-refractivity contribution in [2.45, 2.75) is 6.04 Å². The maximum atomic E-state index is 11.3. The number of rotatable bonds is 4. The van der Waals surface area contributed by atoms with Crippen LogP contribution in [-0.4, -0.2) is 29.0 Å². The lowest BCUT2D eigenvalue weighted by atomic mass is 10.3. The monoisotopic (exact) mass is 241 g/mol. The number of amides is 1. The van der Waals surface area contributed by atoms with Gasteiger partial charge in [-0.25, -0.2) is 9.59 Å². The molecule has 0 unspecified atom stereocenters. The highest BCUT2D eigenvalue weighted by Gasteiger charge is 2.18. The fourth-order valence-corrected chi connectivity index (χ4v) is 1.20. The van der Waals surface area contributed by atoms with Crippen molar-refractivity contribution in [2.24, 2.45) is 0 Å². The van der Waals surface area contributed by atoms with Crippen molar-refractivity contribution < 1.29 is 19.4 Å². The average molecular weight is 241 g/mol. The molecule has 1 atom stereocenters. The number of carbonyl (C=O) groups excluding carboxylic acids is 1. The SMILES string of the molecule is O=C(N[C@@H](CS)C(=O)O)Oc1ccccc1. The second kappa shape index (κ2) is 6.02. The van der Waals surface area contributed by atoms with Crippen LogP contribution in [0.5, 0.6) is 5.75 Å². The van der Waals surface area contributed by atoms with Crippen LogP contribution in [-0.2, 0) is 4.79 Å². The topological polar surface area (TPSA) is 75.6 Å². The standard InChI is InChI=1S/C10H11NO4S/c12-9(13)8(6-16)11-10(14)15-7-4-2-1-3-5-7/h1-5,8,16H,6H2,(H,11,14)(H,12,13)/t8-/m0/s1. The normalized spacial score (nSPS) is 11.6. The van der Waals surface area contributed by atoms with Crippen molar-refractivity contribution in [2.75, 3.05) is 5.75 Å². The van der Waals surface area contributed by atoms with Crippen molar-refractivity contribution in [3.8, 4) is 5.75 Å². The first-order valence-corrected chi connectivity index (χ1v) is 5.14. The van der Waals surface area contributed by atoms with Crippen LogP contribution < -0.4 is 10.1 Å². The van der Waals surface area contributed by atoms with E-state index in [2.05, 4.69) is 17.9 Å². The van der Waals surface area contributed by atoms with E-state index in [1.54, 1.807) is 30.3 Å². The lowest BCUT2D eigenvalue weighted by Crippen LogP contribution is -2.43. The summed E-state index contributed by atoms with van der Waals surface area (Å²) in [5.74, 6) is -0.803. The zero-order chi connectivity index (χ0) is 12.0. The molecule has 16 heavy (non-hydrogen) atoms. The predicted octanol–water partition coefficient (Wildman–Crippen LogP) is 1.16. The molecule has 5 nitrogen and oxygen atoms in total. The third kappa shape index (κ3) is 3.82. The molecular weight excluding hydrogens is 230 g/mol. The Morgan fingerprint density at radius 1 is 1.38 bits per heavy atom. The number of aliphatic carboxylic acids is 1. The lowest BCUT2D eigenvalue weighted by Gasteiger charge is -2.11. The van der Waals surface area contributed by atoms with Gasteiger partial charge in [0, 0.05) is 5.75 Å². The molecule has 0 aliphatic heterocycles. The molecule has 0 saturated carbocycles. The molecule has 1 rings (SSSR count). The van der Waals surface area contributed by atoms with Gasteiger partial charge in [-0.2, -0.15) is 12.6 Å². The molecule has 0 heterocycles. The number of hydrogen-bond donors (Lipinski definition) is 3. The zero-order valence-electron chi connectivity index (χ0n) is 8.29. The van der Waals surface area contributed by atoms with E-state index < -0.39 is 18.1 Å². The molecule has 0 spiro atoms. The average Bonchev–Trinajstić information content (AvgIpc) is 2.27. The fraction of sp³-hybridized carbons (Fsp3) is 0.200. The minimum absolute atomic E-state index is 0.000771. The molecular formula is C10H11NO4S. The third-order valence-electron chi connectivity index (χ3n) is 1.73. The summed E-state index contributed by atoms with van der Waals surface area (Å²) in [6.45, 7) is 0. The van der Waals surface area contributed by atoms with E-state index in [-0.39, 0.29) is 5.75 Å². The number of ether oxygens (including phenoxy) is 1. The van der Waals surface area contributed by atoms with Gasteiger partial charge in [0.15, 0.2) is 0 Å². The van der Waals surface area contributed by atoms with Gasteiger partial charge < -0.3 is 15.2 Å². The Kier molecular flexibility index (Phi) is 4.65. The second-order valence-corrected chi connectivity index (χ2v) is 3.29. The summed E-state index contributed by atoms with van der Waals surface area (Å²) < 4.78 is 4.85. The summed E-state index contributed by atoms with van der Waals surface area (Å²) in [6, 6.07) is 7.32. The van der Waals surface area contributed by atoms with Crippen LogP contribution in [0.4, 0.5) is 4.79 Å². The van der Waals surface area contributed by atoms with Crippen LogP contribution in [0.25, 0.3) is 0 Å². The van der Waals surface area contributed by atoms with Crippen molar-refractivity contribution in [1.82, 2.24) is 5.32 Å². The van der Waals surface area contributed by atoms with Crippen molar-refractivity contribution >= 4 is 24.7 Å². The molecule has 0 radical (unpaired) electrons. The molecule has 1 aromatic rings. The van der Waals surface area contributed by atoms with Crippen LogP contribution in [0.1, 0.15) is 0 Å². The Balaban J connectivity index is 2.50. The van der Waals surface area contributed by atoms with Gasteiger partial charge >= 0.3 is 12.1 Å². The highest BCUT2D eigenvalue weighted by molar-refractivity contribution is 7.80. The first-order chi connectivity index (χ1) is 7.63. The maximum Gasteiger partial charge on any atom is 0.413 e. The van der Waals surface area contributed by atoms with Gasteiger partial charge in [0.1, 0.15) is 11.8 Å². The van der Waals surface area contributed by atoms with E-state index in [4.69, 9.17) is 9.84 Å². The van der Waals surface area contributed by atoms with Gasteiger partial charge in [0.25, 0.3) is 0 Å². The molecule has 6 heteroatoms. The Morgan fingerprint density at radius 2 is 2.00 bits per heavy atom. The van der Waals surface area contributed by atoms with E-state index in [0.717, 1.165) is 0 Å². The van der Waals surface area contributed by atoms with Gasteiger partial charge in [-0.3, -0.25) is 0 Å². The summed E-state index contributed by atoms with van der Waals surface area (Å²) >= 11 is 3.80. The number of carboxylic acid groups (broad SMARTS) is 1. The Labute approximate surface area is 97.8 Å². The quantitative estimate of drug-likeness (QED) is 0.691. The summed E-state index contributed by atoms with van der Waals surface area (Å²) in [5, 5.41) is 10.8. The number of hydrogen-bond acceptors (Lipinski definition) is 4. The summed E-state index contributed by atoms with van der Waals surface area (Å²) in [4.78, 5) is 21.9. The first-order valence-electron chi connectivity index (χ1n) is 4.50. The van der Waals surface area contributed by atoms with Crippen LogP contribution in [0.2, 0.25) is 0 Å². The molecule has 1 amide bonds. The number of nitrogens with one attached hydrogen (secondary N) is 1. The van der Waals surface area contributed by atoms with Gasteiger partial charge in [-0.05, 0) is 12.1 Å². The maximum absolute atomic E-state index is 11.3. The minimum atomic E-state index is -1.15. The van der Waals surface area contributed by atoms with Crippen LogP contribution in [0.3, 0.4) is 0 Å². The number of thiol groups is 1. The van der Waals surface area contributed by atoms with Crippen LogP contribution in [0, 0.1) is 0 Å².